The van der Waals surface area contributed by atoms with Crippen molar-refractivity contribution < 1.29 is 14.3 Å². The van der Waals surface area contributed by atoms with E-state index in [9.17, 15) is 9.59 Å². The standard InChI is InChI=1S/C21H22BrNO3/c1-14(26-20(24)13-15-9-11-17(22)12-10-15)21(25)23-19-8-4-6-16-5-2-3-7-18(16)19/h2-3,5,7,9-12,14,19H,4,6,8,13H2,1H3,(H,23,25)/t14-,19-/m0/s1. The minimum atomic E-state index is -0.813. The summed E-state index contributed by atoms with van der Waals surface area (Å²) in [6.45, 7) is 1.61. The maximum atomic E-state index is 12.5. The van der Waals surface area contributed by atoms with Gasteiger partial charge in [-0.3, -0.25) is 9.59 Å². The summed E-state index contributed by atoms with van der Waals surface area (Å²) < 4.78 is 6.27. The lowest BCUT2D eigenvalue weighted by molar-refractivity contribution is -0.154. The average molecular weight is 416 g/mol. The van der Waals surface area contributed by atoms with Crippen LogP contribution in [0.3, 0.4) is 0 Å². The largest absolute Gasteiger partial charge is 0.452 e. The summed E-state index contributed by atoms with van der Waals surface area (Å²) in [5.74, 6) is -0.658. The summed E-state index contributed by atoms with van der Waals surface area (Å²) in [6, 6.07) is 15.6. The molecule has 1 aliphatic carbocycles. The predicted molar refractivity (Wildman–Crippen MR) is 104 cm³/mol. The Hall–Kier alpha value is -2.14. The molecule has 5 heteroatoms. The topological polar surface area (TPSA) is 55.4 Å². The Morgan fingerprint density at radius 2 is 1.92 bits per heavy atom. The number of fused-ring (bicyclic) bond motifs is 1. The number of amides is 1. The van der Waals surface area contributed by atoms with Gasteiger partial charge in [-0.05, 0) is 55.0 Å². The number of hydrogen-bond donors (Lipinski definition) is 1. The zero-order valence-corrected chi connectivity index (χ0v) is 16.3. The molecule has 3 rings (SSSR count). The van der Waals surface area contributed by atoms with E-state index in [1.54, 1.807) is 6.92 Å². The first-order chi connectivity index (χ1) is 12.5. The Kier molecular flexibility index (Phi) is 6.09. The number of esters is 1. The van der Waals surface area contributed by atoms with Crippen LogP contribution in [0.5, 0.6) is 0 Å². The van der Waals surface area contributed by atoms with Gasteiger partial charge < -0.3 is 10.1 Å². The lowest BCUT2D eigenvalue weighted by atomic mass is 9.87. The Morgan fingerprint density at radius 3 is 2.69 bits per heavy atom. The van der Waals surface area contributed by atoms with Crippen molar-refractivity contribution in [1.29, 1.82) is 0 Å². The molecule has 0 aromatic heterocycles. The van der Waals surface area contributed by atoms with E-state index in [0.29, 0.717) is 0 Å². The predicted octanol–water partition coefficient (Wildman–Crippen LogP) is 4.12. The first kappa shape index (κ1) is 18.6. The van der Waals surface area contributed by atoms with E-state index < -0.39 is 12.1 Å². The van der Waals surface area contributed by atoms with E-state index in [-0.39, 0.29) is 18.4 Å². The first-order valence-electron chi connectivity index (χ1n) is 8.85. The van der Waals surface area contributed by atoms with Gasteiger partial charge in [0.15, 0.2) is 6.10 Å². The van der Waals surface area contributed by atoms with E-state index in [0.717, 1.165) is 29.3 Å². The fourth-order valence-electron chi connectivity index (χ4n) is 3.25. The molecule has 2 aromatic rings. The van der Waals surface area contributed by atoms with Gasteiger partial charge in [-0.25, -0.2) is 0 Å². The van der Waals surface area contributed by atoms with Crippen molar-refractivity contribution in [1.82, 2.24) is 5.32 Å². The van der Waals surface area contributed by atoms with Crippen LogP contribution >= 0.6 is 15.9 Å². The molecule has 1 aliphatic rings. The van der Waals surface area contributed by atoms with Crippen LogP contribution in [0.2, 0.25) is 0 Å². The lowest BCUT2D eigenvalue weighted by Gasteiger charge is -2.27. The van der Waals surface area contributed by atoms with Gasteiger partial charge in [0, 0.05) is 4.47 Å². The van der Waals surface area contributed by atoms with Crippen molar-refractivity contribution in [3.63, 3.8) is 0 Å². The Labute approximate surface area is 162 Å². The van der Waals surface area contributed by atoms with Crippen molar-refractivity contribution in [2.75, 3.05) is 0 Å². The number of nitrogens with one attached hydrogen (secondary N) is 1. The number of halogens is 1. The maximum absolute atomic E-state index is 12.5. The van der Waals surface area contributed by atoms with Crippen molar-refractivity contribution in [2.45, 2.75) is 44.8 Å². The molecule has 0 radical (unpaired) electrons. The highest BCUT2D eigenvalue weighted by Crippen LogP contribution is 2.29. The molecule has 136 valence electrons. The Balaban J connectivity index is 1.55. The molecule has 2 atom stereocenters. The Morgan fingerprint density at radius 1 is 1.19 bits per heavy atom. The van der Waals surface area contributed by atoms with E-state index in [1.807, 2.05) is 36.4 Å². The van der Waals surface area contributed by atoms with Crippen molar-refractivity contribution in [3.05, 3.63) is 69.7 Å². The second-order valence-electron chi connectivity index (χ2n) is 6.59. The van der Waals surface area contributed by atoms with Crippen LogP contribution in [0.15, 0.2) is 53.0 Å². The van der Waals surface area contributed by atoms with E-state index in [1.165, 1.54) is 11.1 Å². The van der Waals surface area contributed by atoms with Crippen LogP contribution in [0.1, 0.15) is 42.5 Å². The molecule has 0 unspecified atom stereocenters. The number of rotatable bonds is 5. The van der Waals surface area contributed by atoms with Crippen LogP contribution in [0.25, 0.3) is 0 Å². The van der Waals surface area contributed by atoms with Gasteiger partial charge in [0.1, 0.15) is 0 Å². The molecule has 1 N–H and O–H groups in total. The highest BCUT2D eigenvalue weighted by atomic mass is 79.9. The van der Waals surface area contributed by atoms with E-state index in [2.05, 4.69) is 33.4 Å². The molecule has 0 saturated carbocycles. The van der Waals surface area contributed by atoms with Gasteiger partial charge in [-0.15, -0.1) is 0 Å². The molecule has 2 aromatic carbocycles. The lowest BCUT2D eigenvalue weighted by Crippen LogP contribution is -2.39. The SMILES string of the molecule is C[C@H](OC(=O)Cc1ccc(Br)cc1)C(=O)N[C@H]1CCCc2ccccc21. The molecule has 1 amide bonds. The fourth-order valence-corrected chi connectivity index (χ4v) is 3.52. The molecular weight excluding hydrogens is 394 g/mol. The monoisotopic (exact) mass is 415 g/mol. The Bertz CT molecular complexity index is 788. The van der Waals surface area contributed by atoms with Crippen molar-refractivity contribution >= 4 is 27.8 Å². The molecule has 26 heavy (non-hydrogen) atoms. The van der Waals surface area contributed by atoms with Gasteiger partial charge in [0.2, 0.25) is 0 Å². The van der Waals surface area contributed by atoms with Crippen molar-refractivity contribution in [2.24, 2.45) is 0 Å². The summed E-state index contributed by atoms with van der Waals surface area (Å²) in [6.07, 6.45) is 2.33. The summed E-state index contributed by atoms with van der Waals surface area (Å²) in [4.78, 5) is 24.5. The first-order valence-corrected chi connectivity index (χ1v) is 9.64. The fraction of sp³-hybridized carbons (Fsp3) is 0.333. The van der Waals surface area contributed by atoms with Crippen molar-refractivity contribution in [3.8, 4) is 0 Å². The summed E-state index contributed by atoms with van der Waals surface area (Å²) in [5.41, 5.74) is 3.30. The number of benzene rings is 2. The minimum Gasteiger partial charge on any atom is -0.452 e. The molecule has 0 aliphatic heterocycles. The molecule has 0 heterocycles. The number of ether oxygens (including phenoxy) is 1. The number of carbonyl (C=O) groups is 2. The molecule has 4 nitrogen and oxygen atoms in total. The number of hydrogen-bond acceptors (Lipinski definition) is 3. The zero-order chi connectivity index (χ0) is 18.5. The summed E-state index contributed by atoms with van der Waals surface area (Å²) >= 11 is 3.36. The molecule has 0 fully saturated rings. The van der Waals surface area contributed by atoms with Gasteiger partial charge in [-0.2, -0.15) is 0 Å². The van der Waals surface area contributed by atoms with Crippen LogP contribution in [-0.2, 0) is 27.2 Å². The van der Waals surface area contributed by atoms with Gasteiger partial charge >= 0.3 is 5.97 Å². The number of carbonyl (C=O) groups excluding carboxylic acids is 2. The molecular formula is C21H22BrNO3. The molecule has 0 spiro atoms. The zero-order valence-electron chi connectivity index (χ0n) is 14.7. The third-order valence-electron chi connectivity index (χ3n) is 4.63. The van der Waals surface area contributed by atoms with Gasteiger partial charge in [-0.1, -0.05) is 52.3 Å². The second kappa shape index (κ2) is 8.49. The molecule has 0 bridgehead atoms. The van der Waals surface area contributed by atoms with E-state index in [4.69, 9.17) is 4.74 Å². The highest BCUT2D eigenvalue weighted by molar-refractivity contribution is 9.10. The van der Waals surface area contributed by atoms with Gasteiger partial charge in [0.25, 0.3) is 5.91 Å². The minimum absolute atomic E-state index is 0.0138. The van der Waals surface area contributed by atoms with E-state index >= 15 is 0 Å². The summed E-state index contributed by atoms with van der Waals surface area (Å²) in [7, 11) is 0. The van der Waals surface area contributed by atoms with Crippen LogP contribution in [0, 0.1) is 0 Å². The normalized spacial score (nSPS) is 17.1. The van der Waals surface area contributed by atoms with Crippen LogP contribution in [-0.4, -0.2) is 18.0 Å². The number of aryl methyl sites for hydroxylation is 1. The third-order valence-corrected chi connectivity index (χ3v) is 5.15. The maximum Gasteiger partial charge on any atom is 0.311 e. The highest BCUT2D eigenvalue weighted by Gasteiger charge is 2.25. The smallest absolute Gasteiger partial charge is 0.311 e. The summed E-state index contributed by atoms with van der Waals surface area (Å²) in [5, 5.41) is 3.03. The van der Waals surface area contributed by atoms with Crippen LogP contribution in [0.4, 0.5) is 0 Å². The van der Waals surface area contributed by atoms with Crippen LogP contribution < -0.4 is 5.32 Å². The van der Waals surface area contributed by atoms with Gasteiger partial charge in [0.05, 0.1) is 12.5 Å². The third kappa shape index (κ3) is 4.73. The quantitative estimate of drug-likeness (QED) is 0.747. The second-order valence-corrected chi connectivity index (χ2v) is 7.50. The average Bonchev–Trinajstić information content (AvgIpc) is 2.64. The molecule has 0 saturated heterocycles.